The zero-order valence-corrected chi connectivity index (χ0v) is 14.9. The third kappa shape index (κ3) is 4.87. The molecular weight excluding hydrogens is 304 g/mol. The monoisotopic (exact) mass is 334 g/mol. The van der Waals surface area contributed by atoms with Crippen molar-refractivity contribution in [3.05, 3.63) is 23.8 Å². The lowest BCUT2D eigenvalue weighted by molar-refractivity contribution is -0.124. The van der Waals surface area contributed by atoms with Gasteiger partial charge in [0.2, 0.25) is 5.91 Å². The number of carbonyl (C=O) groups is 1. The van der Waals surface area contributed by atoms with Crippen molar-refractivity contribution in [2.45, 2.75) is 52.0 Å². The highest BCUT2D eigenvalue weighted by Crippen LogP contribution is 2.38. The van der Waals surface area contributed by atoms with Crippen LogP contribution in [0.25, 0.3) is 0 Å². The van der Waals surface area contributed by atoms with Crippen LogP contribution < -0.4 is 20.5 Å². The highest BCUT2D eigenvalue weighted by molar-refractivity contribution is 5.76. The van der Waals surface area contributed by atoms with E-state index in [0.717, 1.165) is 18.4 Å². The predicted octanol–water partition coefficient (Wildman–Crippen LogP) is 3.01. The van der Waals surface area contributed by atoms with Gasteiger partial charge in [-0.25, -0.2) is 0 Å². The van der Waals surface area contributed by atoms with Crippen LogP contribution in [-0.2, 0) is 11.3 Å². The number of nitrogens with one attached hydrogen (secondary N) is 1. The van der Waals surface area contributed by atoms with E-state index in [9.17, 15) is 4.79 Å². The maximum Gasteiger partial charge on any atom is 0.220 e. The van der Waals surface area contributed by atoms with Crippen LogP contribution in [0, 0.1) is 5.41 Å². The second-order valence-corrected chi connectivity index (χ2v) is 6.64. The zero-order valence-electron chi connectivity index (χ0n) is 14.9. The molecule has 1 aromatic rings. The summed E-state index contributed by atoms with van der Waals surface area (Å²) in [4.78, 5) is 12.4. The first kappa shape index (κ1) is 18.6. The molecule has 3 N–H and O–H groups in total. The van der Waals surface area contributed by atoms with Crippen molar-refractivity contribution in [3.8, 4) is 11.5 Å². The molecule has 0 spiro atoms. The first-order valence-electron chi connectivity index (χ1n) is 8.89. The summed E-state index contributed by atoms with van der Waals surface area (Å²) in [6, 6.07) is 5.73. The molecule has 0 aliphatic heterocycles. The molecule has 0 atom stereocenters. The van der Waals surface area contributed by atoms with Gasteiger partial charge in [-0.3, -0.25) is 4.79 Å². The summed E-state index contributed by atoms with van der Waals surface area (Å²) in [6.07, 6.45) is 6.27. The Morgan fingerprint density at radius 1 is 1.25 bits per heavy atom. The van der Waals surface area contributed by atoms with Crippen LogP contribution >= 0.6 is 0 Å². The molecule has 134 valence electrons. The molecule has 5 nitrogen and oxygen atoms in total. The number of nitrogens with two attached hydrogens (primary N) is 1. The number of carbonyl (C=O) groups excluding carboxylic acids is 1. The van der Waals surface area contributed by atoms with Crippen LogP contribution in [-0.4, -0.2) is 26.2 Å². The Morgan fingerprint density at radius 3 is 2.62 bits per heavy atom. The van der Waals surface area contributed by atoms with Crippen molar-refractivity contribution < 1.29 is 14.3 Å². The molecule has 0 unspecified atom stereocenters. The maximum atomic E-state index is 12.4. The van der Waals surface area contributed by atoms with Gasteiger partial charge in [0.1, 0.15) is 0 Å². The van der Waals surface area contributed by atoms with Crippen molar-refractivity contribution in [1.29, 1.82) is 0 Å². The highest BCUT2D eigenvalue weighted by atomic mass is 16.5. The lowest BCUT2D eigenvalue weighted by atomic mass is 9.71. The topological polar surface area (TPSA) is 73.6 Å². The average Bonchev–Trinajstić information content (AvgIpc) is 2.61. The normalized spacial score (nSPS) is 16.5. The summed E-state index contributed by atoms with van der Waals surface area (Å²) in [6.45, 7) is 3.59. The molecular formula is C19H30N2O3. The Morgan fingerprint density at radius 2 is 2.00 bits per heavy atom. The summed E-state index contributed by atoms with van der Waals surface area (Å²) in [5, 5.41) is 3.02. The van der Waals surface area contributed by atoms with Crippen LogP contribution in [0.2, 0.25) is 0 Å². The van der Waals surface area contributed by atoms with E-state index in [1.54, 1.807) is 7.11 Å². The van der Waals surface area contributed by atoms with E-state index in [-0.39, 0.29) is 11.3 Å². The number of ether oxygens (including phenoxy) is 2. The van der Waals surface area contributed by atoms with Gasteiger partial charge in [0.25, 0.3) is 0 Å². The summed E-state index contributed by atoms with van der Waals surface area (Å²) in [7, 11) is 1.62. The van der Waals surface area contributed by atoms with Crippen LogP contribution in [0.5, 0.6) is 11.5 Å². The number of rotatable bonds is 8. The lowest BCUT2D eigenvalue weighted by Crippen LogP contribution is -2.38. The standard InChI is InChI=1S/C19H30N2O3/c1-3-24-17-11-15(7-8-16(17)23-2)13-21-18(22)12-19(14-20)9-5-4-6-10-19/h7-8,11H,3-6,9-10,12-14,20H2,1-2H3,(H,21,22). The second kappa shape index (κ2) is 8.92. The Labute approximate surface area is 144 Å². The predicted molar refractivity (Wildman–Crippen MR) is 95.2 cm³/mol. The smallest absolute Gasteiger partial charge is 0.220 e. The molecule has 0 radical (unpaired) electrons. The summed E-state index contributed by atoms with van der Waals surface area (Å²) < 4.78 is 10.9. The molecule has 0 heterocycles. The summed E-state index contributed by atoms with van der Waals surface area (Å²) in [5.74, 6) is 1.49. The van der Waals surface area contributed by atoms with Gasteiger partial charge < -0.3 is 20.5 Å². The first-order valence-corrected chi connectivity index (χ1v) is 8.89. The van der Waals surface area contributed by atoms with Gasteiger partial charge in [-0.15, -0.1) is 0 Å². The number of benzene rings is 1. The third-order valence-corrected chi connectivity index (χ3v) is 4.90. The molecule has 24 heavy (non-hydrogen) atoms. The Balaban J connectivity index is 1.92. The van der Waals surface area contributed by atoms with Crippen molar-refractivity contribution in [2.24, 2.45) is 11.1 Å². The fraction of sp³-hybridized carbons (Fsp3) is 0.632. The summed E-state index contributed by atoms with van der Waals surface area (Å²) in [5.41, 5.74) is 6.97. The van der Waals surface area contributed by atoms with Gasteiger partial charge in [-0.1, -0.05) is 25.3 Å². The van der Waals surface area contributed by atoms with E-state index < -0.39 is 0 Å². The van der Waals surface area contributed by atoms with Gasteiger partial charge in [-0.05, 0) is 49.4 Å². The third-order valence-electron chi connectivity index (χ3n) is 4.90. The molecule has 1 aliphatic rings. The maximum absolute atomic E-state index is 12.4. The molecule has 0 saturated heterocycles. The van der Waals surface area contributed by atoms with E-state index in [2.05, 4.69) is 5.32 Å². The molecule has 1 aliphatic carbocycles. The highest BCUT2D eigenvalue weighted by Gasteiger charge is 2.32. The molecule has 2 rings (SSSR count). The molecule has 1 amide bonds. The number of hydrogen-bond donors (Lipinski definition) is 2. The van der Waals surface area contributed by atoms with Gasteiger partial charge >= 0.3 is 0 Å². The van der Waals surface area contributed by atoms with E-state index in [4.69, 9.17) is 15.2 Å². The summed E-state index contributed by atoms with van der Waals surface area (Å²) >= 11 is 0. The number of amides is 1. The van der Waals surface area contributed by atoms with Crippen molar-refractivity contribution in [3.63, 3.8) is 0 Å². The molecule has 1 aromatic carbocycles. The van der Waals surface area contributed by atoms with E-state index in [0.29, 0.717) is 37.6 Å². The van der Waals surface area contributed by atoms with Gasteiger partial charge in [-0.2, -0.15) is 0 Å². The van der Waals surface area contributed by atoms with Crippen molar-refractivity contribution in [1.82, 2.24) is 5.32 Å². The van der Waals surface area contributed by atoms with Crippen molar-refractivity contribution >= 4 is 5.91 Å². The van der Waals surface area contributed by atoms with Crippen LogP contribution in [0.3, 0.4) is 0 Å². The number of hydrogen-bond acceptors (Lipinski definition) is 4. The molecule has 1 saturated carbocycles. The molecule has 0 aromatic heterocycles. The fourth-order valence-electron chi connectivity index (χ4n) is 3.46. The van der Waals surface area contributed by atoms with Crippen LogP contribution in [0.4, 0.5) is 0 Å². The van der Waals surface area contributed by atoms with E-state index in [1.165, 1.54) is 19.3 Å². The van der Waals surface area contributed by atoms with Crippen LogP contribution in [0.1, 0.15) is 51.0 Å². The lowest BCUT2D eigenvalue weighted by Gasteiger charge is -2.35. The van der Waals surface area contributed by atoms with E-state index in [1.807, 2.05) is 25.1 Å². The van der Waals surface area contributed by atoms with E-state index >= 15 is 0 Å². The fourth-order valence-corrected chi connectivity index (χ4v) is 3.46. The minimum absolute atomic E-state index is 0.00127. The zero-order chi connectivity index (χ0) is 17.4. The van der Waals surface area contributed by atoms with Crippen molar-refractivity contribution in [2.75, 3.05) is 20.3 Å². The van der Waals surface area contributed by atoms with Gasteiger partial charge in [0.15, 0.2) is 11.5 Å². The average molecular weight is 334 g/mol. The van der Waals surface area contributed by atoms with Gasteiger partial charge in [0, 0.05) is 13.0 Å². The minimum Gasteiger partial charge on any atom is -0.493 e. The molecule has 0 bridgehead atoms. The Kier molecular flexibility index (Phi) is 6.91. The molecule has 5 heteroatoms. The quantitative estimate of drug-likeness (QED) is 0.766. The van der Waals surface area contributed by atoms with Gasteiger partial charge in [0.05, 0.1) is 13.7 Å². The second-order valence-electron chi connectivity index (χ2n) is 6.64. The number of methoxy groups -OCH3 is 1. The van der Waals surface area contributed by atoms with Crippen LogP contribution in [0.15, 0.2) is 18.2 Å². The first-order chi connectivity index (χ1) is 11.6. The largest absolute Gasteiger partial charge is 0.493 e. The Bertz CT molecular complexity index is 539. The SMILES string of the molecule is CCOc1cc(CNC(=O)CC2(CN)CCCCC2)ccc1OC. The minimum atomic E-state index is -0.00127. The molecule has 1 fully saturated rings. The Hall–Kier alpha value is -1.75.